The summed E-state index contributed by atoms with van der Waals surface area (Å²) in [5, 5.41) is 3.71. The number of fused-ring (bicyclic) bond motifs is 5. The van der Waals surface area contributed by atoms with Gasteiger partial charge in [0.05, 0.1) is 11.4 Å². The van der Waals surface area contributed by atoms with Crippen molar-refractivity contribution >= 4 is 28.4 Å². The molecule has 7 rings (SSSR count). The van der Waals surface area contributed by atoms with Crippen molar-refractivity contribution < 1.29 is 4.74 Å². The number of hydrogen-bond donors (Lipinski definition) is 1. The van der Waals surface area contributed by atoms with E-state index < -0.39 is 0 Å². The van der Waals surface area contributed by atoms with Crippen LogP contribution < -0.4 is 15.0 Å². The van der Waals surface area contributed by atoms with E-state index in [9.17, 15) is 0 Å². The Kier molecular flexibility index (Phi) is 4.49. The Bertz CT molecular complexity index is 1620. The van der Waals surface area contributed by atoms with Crippen LogP contribution in [0.2, 0.25) is 0 Å². The minimum absolute atomic E-state index is 0.0253. The topological polar surface area (TPSA) is 24.5 Å². The van der Waals surface area contributed by atoms with Gasteiger partial charge in [-0.05, 0) is 59.2 Å². The van der Waals surface area contributed by atoms with Gasteiger partial charge in [0.1, 0.15) is 0 Å². The van der Waals surface area contributed by atoms with Gasteiger partial charge in [0.2, 0.25) is 0 Å². The molecule has 1 N–H and O–H groups in total. The number of anilines is 5. The van der Waals surface area contributed by atoms with Gasteiger partial charge in [0.25, 0.3) is 0 Å². The van der Waals surface area contributed by atoms with Crippen LogP contribution in [0.4, 0.5) is 28.4 Å². The molecule has 5 aromatic rings. The fourth-order valence-electron chi connectivity index (χ4n) is 5.70. The third-order valence-electron chi connectivity index (χ3n) is 7.43. The summed E-state index contributed by atoms with van der Waals surface area (Å²) in [6, 6.07) is 40.3. The van der Waals surface area contributed by atoms with Gasteiger partial charge in [0, 0.05) is 34.1 Å². The summed E-state index contributed by atoms with van der Waals surface area (Å²) in [6.07, 6.45) is 0. The summed E-state index contributed by atoms with van der Waals surface area (Å²) >= 11 is 0. The number of nitrogens with zero attached hydrogens (tertiary/aromatic N) is 1. The first-order valence-electron chi connectivity index (χ1n) is 12.4. The van der Waals surface area contributed by atoms with Gasteiger partial charge in [-0.25, -0.2) is 0 Å². The molecule has 174 valence electrons. The lowest BCUT2D eigenvalue weighted by Gasteiger charge is -2.33. The zero-order valence-electron chi connectivity index (χ0n) is 20.3. The molecular formula is C33H26N2O. The zero-order valence-corrected chi connectivity index (χ0v) is 20.3. The molecule has 0 amide bonds. The second-order valence-corrected chi connectivity index (χ2v) is 9.95. The van der Waals surface area contributed by atoms with Crippen molar-refractivity contribution in [3.63, 3.8) is 0 Å². The van der Waals surface area contributed by atoms with Crippen LogP contribution in [0.25, 0.3) is 11.1 Å². The summed E-state index contributed by atoms with van der Waals surface area (Å²) in [5.74, 6) is 1.68. The number of rotatable bonds is 3. The predicted molar refractivity (Wildman–Crippen MR) is 148 cm³/mol. The molecule has 5 aromatic carbocycles. The zero-order chi connectivity index (χ0) is 24.3. The third kappa shape index (κ3) is 3.06. The summed E-state index contributed by atoms with van der Waals surface area (Å²) in [7, 11) is 0. The highest BCUT2D eigenvalue weighted by Crippen LogP contribution is 2.53. The van der Waals surface area contributed by atoms with Crippen LogP contribution in [-0.4, -0.2) is 0 Å². The van der Waals surface area contributed by atoms with Gasteiger partial charge in [-0.3, -0.25) is 0 Å². The van der Waals surface area contributed by atoms with Crippen molar-refractivity contribution in [2.24, 2.45) is 0 Å². The minimum atomic E-state index is -0.0253. The fourth-order valence-corrected chi connectivity index (χ4v) is 5.70. The third-order valence-corrected chi connectivity index (χ3v) is 7.43. The molecule has 0 saturated heterocycles. The molecule has 0 bridgehead atoms. The van der Waals surface area contributed by atoms with Crippen LogP contribution in [0.15, 0.2) is 115 Å². The highest BCUT2D eigenvalue weighted by Gasteiger charge is 2.36. The maximum Gasteiger partial charge on any atom is 0.153 e. The second-order valence-electron chi connectivity index (χ2n) is 9.95. The number of hydrogen-bond acceptors (Lipinski definition) is 3. The first-order valence-corrected chi connectivity index (χ1v) is 12.4. The number of benzene rings is 5. The maximum absolute atomic E-state index is 6.41. The molecule has 0 atom stereocenters. The van der Waals surface area contributed by atoms with Crippen molar-refractivity contribution in [2.45, 2.75) is 19.3 Å². The van der Waals surface area contributed by atoms with Crippen molar-refractivity contribution in [1.29, 1.82) is 0 Å². The number of para-hydroxylation sites is 3. The maximum atomic E-state index is 6.41. The van der Waals surface area contributed by atoms with Crippen molar-refractivity contribution in [1.82, 2.24) is 0 Å². The molecule has 1 heterocycles. The molecule has 3 heteroatoms. The highest BCUT2D eigenvalue weighted by molar-refractivity contribution is 5.92. The van der Waals surface area contributed by atoms with Crippen LogP contribution in [0.1, 0.15) is 25.0 Å². The first kappa shape index (κ1) is 20.8. The molecule has 3 nitrogen and oxygen atoms in total. The number of ether oxygens (including phenoxy) is 1. The van der Waals surface area contributed by atoms with Gasteiger partial charge in [-0.1, -0.05) is 80.6 Å². The van der Waals surface area contributed by atoms with Crippen molar-refractivity contribution in [3.8, 4) is 22.6 Å². The Morgan fingerprint density at radius 2 is 1.36 bits per heavy atom. The van der Waals surface area contributed by atoms with Gasteiger partial charge in [0.15, 0.2) is 11.5 Å². The summed E-state index contributed by atoms with van der Waals surface area (Å²) in [5.41, 5.74) is 10.6. The van der Waals surface area contributed by atoms with E-state index in [-0.39, 0.29) is 5.41 Å². The smallest absolute Gasteiger partial charge is 0.153 e. The quantitative estimate of drug-likeness (QED) is 0.281. The molecule has 2 aliphatic rings. The van der Waals surface area contributed by atoms with E-state index in [1.807, 2.05) is 24.3 Å². The molecule has 0 radical (unpaired) electrons. The largest absolute Gasteiger partial charge is 0.453 e. The van der Waals surface area contributed by atoms with Gasteiger partial charge in [-0.2, -0.15) is 0 Å². The van der Waals surface area contributed by atoms with E-state index in [2.05, 4.69) is 115 Å². The monoisotopic (exact) mass is 466 g/mol. The van der Waals surface area contributed by atoms with E-state index >= 15 is 0 Å². The average Bonchev–Trinajstić information content (AvgIpc) is 3.15. The Balaban J connectivity index is 1.32. The lowest BCUT2D eigenvalue weighted by Crippen LogP contribution is -2.15. The van der Waals surface area contributed by atoms with Crippen molar-refractivity contribution in [2.75, 3.05) is 10.2 Å². The second kappa shape index (κ2) is 7.76. The summed E-state index contributed by atoms with van der Waals surface area (Å²) < 4.78 is 6.41. The molecule has 0 aromatic heterocycles. The molecule has 36 heavy (non-hydrogen) atoms. The molecular weight excluding hydrogens is 440 g/mol. The molecule has 0 spiro atoms. The van der Waals surface area contributed by atoms with E-state index in [0.717, 1.165) is 39.9 Å². The Morgan fingerprint density at radius 3 is 2.25 bits per heavy atom. The SMILES string of the molecule is CC1(C)c2ccccc2-c2c(Nc3ccc4c(c3)Oc3ccccc3N4c3ccccc3)cccc21. The lowest BCUT2D eigenvalue weighted by molar-refractivity contribution is 0.477. The fraction of sp³-hybridized carbons (Fsp3) is 0.0909. The van der Waals surface area contributed by atoms with E-state index in [0.29, 0.717) is 0 Å². The van der Waals surface area contributed by atoms with Gasteiger partial charge in [-0.15, -0.1) is 0 Å². The molecule has 1 aliphatic carbocycles. The van der Waals surface area contributed by atoms with Gasteiger partial charge < -0.3 is 15.0 Å². The molecule has 1 aliphatic heterocycles. The van der Waals surface area contributed by atoms with Gasteiger partial charge >= 0.3 is 0 Å². The normalized spacial score (nSPS) is 14.2. The molecule has 0 saturated carbocycles. The molecule has 0 fully saturated rings. The Morgan fingerprint density at radius 1 is 0.639 bits per heavy atom. The van der Waals surface area contributed by atoms with Crippen LogP contribution in [0.5, 0.6) is 11.5 Å². The highest BCUT2D eigenvalue weighted by atomic mass is 16.5. The van der Waals surface area contributed by atoms with Crippen LogP contribution >= 0.6 is 0 Å². The predicted octanol–water partition coefficient (Wildman–Crippen LogP) is 9.31. The minimum Gasteiger partial charge on any atom is -0.453 e. The first-order chi connectivity index (χ1) is 17.6. The Labute approximate surface area is 211 Å². The number of nitrogens with one attached hydrogen (secondary N) is 1. The summed E-state index contributed by atoms with van der Waals surface area (Å²) in [4.78, 5) is 2.26. The lowest BCUT2D eigenvalue weighted by atomic mass is 9.82. The van der Waals surface area contributed by atoms with Crippen molar-refractivity contribution in [3.05, 3.63) is 126 Å². The van der Waals surface area contributed by atoms with E-state index in [1.54, 1.807) is 0 Å². The molecule has 0 unspecified atom stereocenters. The standard InChI is InChI=1S/C33H26N2O/c1-33(2)25-14-7-6-13-24(25)32-26(33)15-10-16-27(32)34-22-19-20-29-31(21-22)36-30-18-9-8-17-28(30)35(29)23-11-4-3-5-12-23/h3-21,34H,1-2H3. The Hall–Kier alpha value is -4.50. The summed E-state index contributed by atoms with van der Waals surface area (Å²) in [6.45, 7) is 4.62. The van der Waals surface area contributed by atoms with Crippen LogP contribution in [-0.2, 0) is 5.41 Å². The average molecular weight is 467 g/mol. The van der Waals surface area contributed by atoms with E-state index in [1.165, 1.54) is 22.3 Å². The van der Waals surface area contributed by atoms with E-state index in [4.69, 9.17) is 4.74 Å². The van der Waals surface area contributed by atoms with Crippen LogP contribution in [0.3, 0.4) is 0 Å². The van der Waals surface area contributed by atoms with Crippen LogP contribution in [0, 0.1) is 0 Å².